The largest absolute Gasteiger partial charge is 0.343 e. The number of hydrogen-bond acceptors (Lipinski definition) is 3. The first kappa shape index (κ1) is 17.3. The van der Waals surface area contributed by atoms with Crippen LogP contribution in [-0.2, 0) is 11.8 Å². The Morgan fingerprint density at radius 2 is 1.92 bits per heavy atom. The van der Waals surface area contributed by atoms with Crippen LogP contribution in [0, 0.1) is 5.82 Å². The Hall–Kier alpha value is -3.48. The molecule has 3 rings (SSSR count). The highest BCUT2D eigenvalue weighted by atomic mass is 19.1. The van der Waals surface area contributed by atoms with Gasteiger partial charge in [0.15, 0.2) is 0 Å². The zero-order valence-electron chi connectivity index (χ0n) is 14.1. The molecule has 7 heteroatoms. The van der Waals surface area contributed by atoms with Crippen molar-refractivity contribution in [2.75, 3.05) is 11.9 Å². The van der Waals surface area contributed by atoms with E-state index in [1.807, 2.05) is 36.0 Å². The van der Waals surface area contributed by atoms with Gasteiger partial charge in [-0.3, -0.25) is 9.59 Å². The van der Waals surface area contributed by atoms with Crippen molar-refractivity contribution in [2.24, 2.45) is 7.05 Å². The summed E-state index contributed by atoms with van der Waals surface area (Å²) in [5.74, 6) is -0.447. The molecule has 0 spiro atoms. The van der Waals surface area contributed by atoms with Crippen LogP contribution < -0.4 is 10.6 Å². The molecule has 1 aromatic heterocycles. The Kier molecular flexibility index (Phi) is 5.07. The fourth-order valence-corrected chi connectivity index (χ4v) is 2.45. The lowest BCUT2D eigenvalue weighted by molar-refractivity contribution is -0.115. The maximum Gasteiger partial charge on any atom is 0.251 e. The number of aryl methyl sites for hydroxylation is 1. The Morgan fingerprint density at radius 3 is 2.62 bits per heavy atom. The van der Waals surface area contributed by atoms with Gasteiger partial charge in [0, 0.05) is 36.3 Å². The molecule has 3 aromatic rings. The minimum absolute atomic E-state index is 0.192. The summed E-state index contributed by atoms with van der Waals surface area (Å²) < 4.78 is 14.7. The van der Waals surface area contributed by atoms with Crippen molar-refractivity contribution in [1.29, 1.82) is 0 Å². The van der Waals surface area contributed by atoms with Crippen molar-refractivity contribution in [3.63, 3.8) is 0 Å². The molecule has 132 valence electrons. The van der Waals surface area contributed by atoms with Crippen LogP contribution in [0.5, 0.6) is 0 Å². The third-order valence-corrected chi connectivity index (χ3v) is 3.74. The van der Waals surface area contributed by atoms with Crippen molar-refractivity contribution in [1.82, 2.24) is 14.9 Å². The highest BCUT2D eigenvalue weighted by Crippen LogP contribution is 2.20. The van der Waals surface area contributed by atoms with E-state index in [0.717, 1.165) is 11.4 Å². The van der Waals surface area contributed by atoms with E-state index >= 15 is 0 Å². The van der Waals surface area contributed by atoms with E-state index in [1.54, 1.807) is 12.3 Å². The average molecular weight is 352 g/mol. The number of carbonyl (C=O) groups is 2. The van der Waals surface area contributed by atoms with Crippen molar-refractivity contribution >= 4 is 17.5 Å². The normalized spacial score (nSPS) is 10.4. The lowest BCUT2D eigenvalue weighted by atomic mass is 10.2. The fraction of sp³-hybridized carbons (Fsp3) is 0.105. The molecule has 0 saturated carbocycles. The molecule has 0 aliphatic heterocycles. The SMILES string of the molecule is Cn1ccnc1-c1cccc(NC(=O)CNC(=O)c2ccc(F)cc2)c1. The van der Waals surface area contributed by atoms with Crippen LogP contribution in [0.4, 0.5) is 10.1 Å². The predicted octanol–water partition coefficient (Wildman–Crippen LogP) is 2.59. The van der Waals surface area contributed by atoms with E-state index in [4.69, 9.17) is 0 Å². The number of amides is 2. The van der Waals surface area contributed by atoms with Gasteiger partial charge in [0.25, 0.3) is 5.91 Å². The summed E-state index contributed by atoms with van der Waals surface area (Å²) in [6.07, 6.45) is 3.54. The number of aromatic nitrogens is 2. The quantitative estimate of drug-likeness (QED) is 0.741. The number of benzene rings is 2. The van der Waals surface area contributed by atoms with Crippen molar-refractivity contribution in [3.8, 4) is 11.4 Å². The number of rotatable bonds is 5. The van der Waals surface area contributed by atoms with Gasteiger partial charge in [-0.2, -0.15) is 0 Å². The second-order valence-electron chi connectivity index (χ2n) is 5.68. The Balaban J connectivity index is 1.59. The van der Waals surface area contributed by atoms with Gasteiger partial charge < -0.3 is 15.2 Å². The second kappa shape index (κ2) is 7.60. The van der Waals surface area contributed by atoms with Gasteiger partial charge in [-0.1, -0.05) is 12.1 Å². The lowest BCUT2D eigenvalue weighted by Gasteiger charge is -2.09. The Morgan fingerprint density at radius 1 is 1.15 bits per heavy atom. The van der Waals surface area contributed by atoms with Gasteiger partial charge in [0.05, 0.1) is 6.54 Å². The van der Waals surface area contributed by atoms with E-state index in [0.29, 0.717) is 5.69 Å². The minimum Gasteiger partial charge on any atom is -0.343 e. The van der Waals surface area contributed by atoms with Crippen LogP contribution in [0.15, 0.2) is 60.9 Å². The molecule has 2 N–H and O–H groups in total. The van der Waals surface area contributed by atoms with E-state index in [2.05, 4.69) is 15.6 Å². The number of anilines is 1. The number of nitrogens with zero attached hydrogens (tertiary/aromatic N) is 2. The van der Waals surface area contributed by atoms with Crippen molar-refractivity contribution in [3.05, 3.63) is 72.3 Å². The Labute approximate surface area is 149 Å². The summed E-state index contributed by atoms with van der Waals surface area (Å²) in [5.41, 5.74) is 1.76. The zero-order valence-corrected chi connectivity index (χ0v) is 14.1. The molecule has 0 radical (unpaired) electrons. The van der Waals surface area contributed by atoms with Crippen LogP contribution in [0.3, 0.4) is 0 Å². The molecule has 2 amide bonds. The molecule has 26 heavy (non-hydrogen) atoms. The van der Waals surface area contributed by atoms with Gasteiger partial charge in [0.2, 0.25) is 5.91 Å². The number of nitrogens with one attached hydrogen (secondary N) is 2. The van der Waals surface area contributed by atoms with Gasteiger partial charge in [0.1, 0.15) is 11.6 Å². The zero-order chi connectivity index (χ0) is 18.5. The highest BCUT2D eigenvalue weighted by molar-refractivity contribution is 5.99. The van der Waals surface area contributed by atoms with Gasteiger partial charge in [-0.25, -0.2) is 9.37 Å². The molecule has 6 nitrogen and oxygen atoms in total. The van der Waals surface area contributed by atoms with Gasteiger partial charge in [-0.05, 0) is 36.4 Å². The van der Waals surface area contributed by atoms with Crippen LogP contribution in [0.2, 0.25) is 0 Å². The third kappa shape index (κ3) is 4.13. The molecule has 0 aliphatic rings. The molecule has 1 heterocycles. The van der Waals surface area contributed by atoms with E-state index < -0.39 is 11.7 Å². The lowest BCUT2D eigenvalue weighted by Crippen LogP contribution is -2.32. The second-order valence-corrected chi connectivity index (χ2v) is 5.68. The molecular formula is C19H17FN4O2. The maximum atomic E-state index is 12.9. The summed E-state index contributed by atoms with van der Waals surface area (Å²) in [6, 6.07) is 12.4. The minimum atomic E-state index is -0.443. The summed E-state index contributed by atoms with van der Waals surface area (Å²) >= 11 is 0. The van der Waals surface area contributed by atoms with Crippen molar-refractivity contribution < 1.29 is 14.0 Å². The fourth-order valence-electron chi connectivity index (χ4n) is 2.45. The summed E-state index contributed by atoms with van der Waals surface area (Å²) in [5, 5.41) is 5.23. The molecule has 0 saturated heterocycles. The van der Waals surface area contributed by atoms with E-state index in [9.17, 15) is 14.0 Å². The number of halogens is 1. The molecule has 2 aromatic carbocycles. The monoisotopic (exact) mass is 352 g/mol. The summed E-state index contributed by atoms with van der Waals surface area (Å²) in [7, 11) is 1.89. The third-order valence-electron chi connectivity index (χ3n) is 3.74. The maximum absolute atomic E-state index is 12.9. The molecular weight excluding hydrogens is 335 g/mol. The van der Waals surface area contributed by atoms with Crippen LogP contribution in [-0.4, -0.2) is 27.9 Å². The number of hydrogen-bond donors (Lipinski definition) is 2. The molecule has 0 bridgehead atoms. The van der Waals surface area contributed by atoms with Crippen LogP contribution in [0.1, 0.15) is 10.4 Å². The Bertz CT molecular complexity index is 935. The molecule has 0 atom stereocenters. The standard InChI is InChI=1S/C19H17FN4O2/c1-24-10-9-21-18(24)14-3-2-4-16(11-14)23-17(25)12-22-19(26)13-5-7-15(20)8-6-13/h2-11H,12H2,1H3,(H,22,26)(H,23,25). The smallest absolute Gasteiger partial charge is 0.251 e. The highest BCUT2D eigenvalue weighted by Gasteiger charge is 2.09. The molecule has 0 fully saturated rings. The van der Waals surface area contributed by atoms with Crippen molar-refractivity contribution in [2.45, 2.75) is 0 Å². The average Bonchev–Trinajstić information content (AvgIpc) is 3.06. The van der Waals surface area contributed by atoms with Gasteiger partial charge in [-0.15, -0.1) is 0 Å². The van der Waals surface area contributed by atoms with E-state index in [-0.39, 0.29) is 18.0 Å². The van der Waals surface area contributed by atoms with Crippen LogP contribution in [0.25, 0.3) is 11.4 Å². The number of imidazole rings is 1. The first-order valence-electron chi connectivity index (χ1n) is 7.94. The molecule has 0 aliphatic carbocycles. The van der Waals surface area contributed by atoms with E-state index in [1.165, 1.54) is 24.3 Å². The summed E-state index contributed by atoms with van der Waals surface area (Å²) in [4.78, 5) is 28.3. The topological polar surface area (TPSA) is 76.0 Å². The number of carbonyl (C=O) groups excluding carboxylic acids is 2. The first-order valence-corrected chi connectivity index (χ1v) is 7.94. The summed E-state index contributed by atoms with van der Waals surface area (Å²) in [6.45, 7) is -0.192. The van der Waals surface area contributed by atoms with Gasteiger partial charge >= 0.3 is 0 Å². The first-order chi connectivity index (χ1) is 12.5. The molecule has 0 unspecified atom stereocenters. The van der Waals surface area contributed by atoms with Crippen LogP contribution >= 0.6 is 0 Å². The predicted molar refractivity (Wildman–Crippen MR) is 96.0 cm³/mol.